The molecular weight excluding hydrogens is 264 g/mol. The van der Waals surface area contributed by atoms with E-state index in [1.807, 2.05) is 0 Å². The molecule has 0 aromatic carbocycles. The van der Waals surface area contributed by atoms with E-state index in [0.29, 0.717) is 12.5 Å². The molecule has 10 heteroatoms. The van der Waals surface area contributed by atoms with Gasteiger partial charge in [0.1, 0.15) is 12.2 Å². The summed E-state index contributed by atoms with van der Waals surface area (Å²) in [5, 5.41) is 18.8. The molecule has 0 amide bonds. The maximum Gasteiger partial charge on any atom is 0.264 e. The van der Waals surface area contributed by atoms with Gasteiger partial charge in [-0.05, 0) is 0 Å². The van der Waals surface area contributed by atoms with E-state index in [4.69, 9.17) is 5.48 Å². The summed E-state index contributed by atoms with van der Waals surface area (Å²) in [5.41, 5.74) is 0. The van der Waals surface area contributed by atoms with E-state index < -0.39 is 45.6 Å². The van der Waals surface area contributed by atoms with Gasteiger partial charge in [0, 0.05) is 0 Å². The molecule has 2 N–H and O–H groups in total. The minimum atomic E-state index is -4.37. The molecule has 0 aromatic rings. The summed E-state index contributed by atoms with van der Waals surface area (Å²) >= 11 is 0. The molecule has 0 saturated heterocycles. The zero-order valence-electron chi connectivity index (χ0n) is 12.3. The first-order valence-electron chi connectivity index (χ1n) is 5.65. The Hall–Kier alpha value is -0.260. The quantitative estimate of drug-likeness (QED) is 0.497. The second kappa shape index (κ2) is 5.89. The molecule has 0 aliphatic rings. The zero-order chi connectivity index (χ0) is 16.6. The van der Waals surface area contributed by atoms with Crippen LogP contribution in [-0.2, 0) is 28.6 Å². The maximum absolute atomic E-state index is 10.8. The monoisotopic (exact) mass is 282 g/mol. The Bertz CT molecular complexity index is 491. The molecule has 0 radical (unpaired) electrons. The number of aliphatic hydroxyl groups excluding tert-OH is 2. The molecule has 0 unspecified atom stereocenters. The highest BCUT2D eigenvalue weighted by atomic mass is 32.2. The highest BCUT2D eigenvalue weighted by molar-refractivity contribution is 7.86. The second-order valence-electron chi connectivity index (χ2n) is 2.70. The van der Waals surface area contributed by atoms with Gasteiger partial charge in [-0.15, -0.1) is 0 Å². The molecule has 0 saturated carbocycles. The fourth-order valence-electron chi connectivity index (χ4n) is 0.402. The van der Waals surface area contributed by atoms with Gasteiger partial charge in [0.25, 0.3) is 20.2 Å². The average molecular weight is 282 g/mol. The van der Waals surface area contributed by atoms with Crippen LogP contribution in [0.2, 0.25) is 0 Å². The summed E-state index contributed by atoms with van der Waals surface area (Å²) in [5.74, 6) is 0. The van der Waals surface area contributed by atoms with E-state index in [1.165, 1.54) is 0 Å². The Morgan fingerprint density at radius 2 is 1.25 bits per heavy atom. The predicted molar refractivity (Wildman–Crippen MR) is 53.6 cm³/mol. The molecule has 0 spiro atoms. The van der Waals surface area contributed by atoms with Crippen LogP contribution < -0.4 is 0 Å². The first kappa shape index (κ1) is 9.74. The molecule has 0 fully saturated rings. The van der Waals surface area contributed by atoms with Crippen LogP contribution in [-0.4, -0.2) is 64.9 Å². The van der Waals surface area contributed by atoms with Crippen LogP contribution in [0, 0.1) is 0 Å². The van der Waals surface area contributed by atoms with Crippen molar-refractivity contribution in [3.05, 3.63) is 0 Å². The van der Waals surface area contributed by atoms with Gasteiger partial charge >= 0.3 is 0 Å². The van der Waals surface area contributed by atoms with Gasteiger partial charge in [-0.2, -0.15) is 16.8 Å². The Labute approximate surface area is 99.7 Å². The zero-order valence-corrected chi connectivity index (χ0v) is 9.95. The molecule has 0 rings (SSSR count). The number of hydrogen-bond donors (Lipinski definition) is 2. The molecule has 8 nitrogen and oxygen atoms in total. The third-order valence-electron chi connectivity index (χ3n) is 0.940. The SMILES string of the molecule is [2H]C([2H])(OS(C)(=O)=O)[C@H](O)[C@@H](O)C([2H])([2H])OS(C)(=O)=O. The van der Waals surface area contributed by atoms with Crippen LogP contribution >= 0.6 is 0 Å². The molecule has 16 heavy (non-hydrogen) atoms. The standard InChI is InChI=1S/C6H14O8S2/c1-15(9,10)13-3-5(7)6(8)4-14-16(2,11)12/h5-8H,3-4H2,1-2H3/t5-,6-/m0/s1/i3D2,4D2. The largest absolute Gasteiger partial charge is 0.388 e. The molecule has 98 valence electrons. The van der Waals surface area contributed by atoms with E-state index >= 15 is 0 Å². The lowest BCUT2D eigenvalue weighted by atomic mass is 10.2. The summed E-state index contributed by atoms with van der Waals surface area (Å²) in [6.45, 7) is -6.80. The molecule has 0 bridgehead atoms. The first-order valence-corrected chi connectivity index (χ1v) is 7.28. The normalized spacial score (nSPS) is 22.5. The van der Waals surface area contributed by atoms with Crippen molar-refractivity contribution in [1.82, 2.24) is 0 Å². The molecule has 0 aliphatic carbocycles. The first-order chi connectivity index (χ1) is 8.48. The summed E-state index contributed by atoms with van der Waals surface area (Å²) in [6, 6.07) is 0. The smallest absolute Gasteiger partial charge is 0.264 e. The summed E-state index contributed by atoms with van der Waals surface area (Å²) in [6.07, 6.45) is -4.56. The van der Waals surface area contributed by atoms with Crippen molar-refractivity contribution < 1.29 is 40.9 Å². The average Bonchev–Trinajstić information content (AvgIpc) is 2.07. The van der Waals surface area contributed by atoms with Crippen molar-refractivity contribution in [3.63, 3.8) is 0 Å². The Kier molecular flexibility index (Phi) is 3.58. The van der Waals surface area contributed by atoms with Crippen molar-refractivity contribution in [2.75, 3.05) is 25.6 Å². The van der Waals surface area contributed by atoms with Gasteiger partial charge in [0.2, 0.25) is 0 Å². The fraction of sp³-hybridized carbons (Fsp3) is 1.00. The van der Waals surface area contributed by atoms with E-state index in [1.54, 1.807) is 0 Å². The Morgan fingerprint density at radius 3 is 1.44 bits per heavy atom. The van der Waals surface area contributed by atoms with Crippen LogP contribution in [0.15, 0.2) is 0 Å². The third kappa shape index (κ3) is 9.00. The van der Waals surface area contributed by atoms with Crippen molar-refractivity contribution in [2.45, 2.75) is 12.2 Å². The van der Waals surface area contributed by atoms with Gasteiger partial charge < -0.3 is 10.2 Å². The molecule has 0 aliphatic heterocycles. The summed E-state index contributed by atoms with van der Waals surface area (Å²) < 4.78 is 79.3. The highest BCUT2D eigenvalue weighted by Crippen LogP contribution is 2.00. The van der Waals surface area contributed by atoms with Crippen LogP contribution in [0.25, 0.3) is 0 Å². The molecule has 0 heterocycles. The minimum absolute atomic E-state index is 0.464. The minimum Gasteiger partial charge on any atom is -0.388 e. The van der Waals surface area contributed by atoms with E-state index in [0.717, 1.165) is 0 Å². The molecule has 0 aromatic heterocycles. The number of aliphatic hydroxyl groups is 2. The van der Waals surface area contributed by atoms with Crippen LogP contribution in [0.1, 0.15) is 5.48 Å². The van der Waals surface area contributed by atoms with Crippen molar-refractivity contribution in [1.29, 1.82) is 0 Å². The third-order valence-corrected chi connectivity index (χ3v) is 1.74. The Balaban J connectivity index is 5.24. The summed E-state index contributed by atoms with van der Waals surface area (Å²) in [7, 11) is -8.74. The van der Waals surface area contributed by atoms with Crippen molar-refractivity contribution in [2.24, 2.45) is 0 Å². The van der Waals surface area contributed by atoms with Gasteiger partial charge in [-0.25, -0.2) is 0 Å². The lowest BCUT2D eigenvalue weighted by Crippen LogP contribution is -2.35. The van der Waals surface area contributed by atoms with E-state index in [-0.39, 0.29) is 0 Å². The maximum atomic E-state index is 10.8. The second-order valence-corrected chi connectivity index (χ2v) is 5.85. The fourth-order valence-corrected chi connectivity index (χ4v) is 0.949. The van der Waals surface area contributed by atoms with Crippen molar-refractivity contribution >= 4 is 20.2 Å². The van der Waals surface area contributed by atoms with E-state index in [2.05, 4.69) is 8.37 Å². The lowest BCUT2D eigenvalue weighted by Gasteiger charge is -2.16. The van der Waals surface area contributed by atoms with E-state index in [9.17, 15) is 27.0 Å². The van der Waals surface area contributed by atoms with Gasteiger partial charge in [-0.3, -0.25) is 8.37 Å². The van der Waals surface area contributed by atoms with Crippen LogP contribution in [0.3, 0.4) is 0 Å². The van der Waals surface area contributed by atoms with Crippen molar-refractivity contribution in [3.8, 4) is 0 Å². The lowest BCUT2D eigenvalue weighted by molar-refractivity contribution is -0.0264. The molecule has 2 atom stereocenters. The summed E-state index contributed by atoms with van der Waals surface area (Å²) in [4.78, 5) is 0. The van der Waals surface area contributed by atoms with Crippen LogP contribution in [0.5, 0.6) is 0 Å². The number of rotatable bonds is 7. The number of hydrogen-bond acceptors (Lipinski definition) is 8. The van der Waals surface area contributed by atoms with Crippen LogP contribution in [0.4, 0.5) is 0 Å². The molecular formula is C6H14O8S2. The van der Waals surface area contributed by atoms with Gasteiger partial charge in [-0.1, -0.05) is 0 Å². The van der Waals surface area contributed by atoms with Gasteiger partial charge in [0.05, 0.1) is 31.1 Å². The Morgan fingerprint density at radius 1 is 1.00 bits per heavy atom. The highest BCUT2D eigenvalue weighted by Gasteiger charge is 2.20. The topological polar surface area (TPSA) is 127 Å². The van der Waals surface area contributed by atoms with Gasteiger partial charge in [0.15, 0.2) is 0 Å². The predicted octanol–water partition coefficient (Wildman–Crippen LogP) is -2.34.